The molecule has 0 amide bonds. The van der Waals surface area contributed by atoms with E-state index in [1.54, 1.807) is 0 Å². The number of rotatable bonds is 1. The fourth-order valence-corrected chi connectivity index (χ4v) is 0.986. The van der Waals surface area contributed by atoms with E-state index in [0.717, 1.165) is 16.8 Å². The molecule has 0 aliphatic rings. The van der Waals surface area contributed by atoms with E-state index in [1.165, 1.54) is 0 Å². The highest BCUT2D eigenvalue weighted by Crippen LogP contribution is 2.16. The van der Waals surface area contributed by atoms with Crippen LogP contribution >= 0.6 is 0 Å². The van der Waals surface area contributed by atoms with Gasteiger partial charge < -0.3 is 11.5 Å². The average molecular weight is 148 g/mol. The van der Waals surface area contributed by atoms with Crippen molar-refractivity contribution < 1.29 is 0 Å². The van der Waals surface area contributed by atoms with Gasteiger partial charge in [0.2, 0.25) is 0 Å². The van der Waals surface area contributed by atoms with Crippen molar-refractivity contribution in [2.75, 3.05) is 5.73 Å². The van der Waals surface area contributed by atoms with Gasteiger partial charge in [-0.1, -0.05) is 12.6 Å². The fourth-order valence-electron chi connectivity index (χ4n) is 0.986. The predicted octanol–water partition coefficient (Wildman–Crippen LogP) is 1.51. The van der Waals surface area contributed by atoms with E-state index in [0.29, 0.717) is 5.70 Å². The molecule has 0 spiro atoms. The Hall–Kier alpha value is -1.44. The topological polar surface area (TPSA) is 52.0 Å². The van der Waals surface area contributed by atoms with Crippen molar-refractivity contribution >= 4 is 11.4 Å². The first-order valence-corrected chi connectivity index (χ1v) is 3.42. The van der Waals surface area contributed by atoms with Crippen LogP contribution in [0, 0.1) is 6.92 Å². The van der Waals surface area contributed by atoms with Crippen LogP contribution in [-0.4, -0.2) is 0 Å². The Kier molecular flexibility index (Phi) is 1.85. The standard InChI is InChI=1S/C9H12N2/c1-6-3-4-8(11)5-9(6)7(2)10/h3-5H,2,10-11H2,1H3. The molecule has 0 saturated carbocycles. The SMILES string of the molecule is C=C(N)c1cc(N)ccc1C. The molecule has 0 heterocycles. The van der Waals surface area contributed by atoms with Crippen LogP contribution in [0.5, 0.6) is 0 Å². The third-order valence-electron chi connectivity index (χ3n) is 1.61. The van der Waals surface area contributed by atoms with Gasteiger partial charge in [-0.25, -0.2) is 0 Å². The van der Waals surface area contributed by atoms with E-state index in [4.69, 9.17) is 11.5 Å². The molecule has 0 fully saturated rings. The molecule has 0 atom stereocenters. The Morgan fingerprint density at radius 3 is 2.55 bits per heavy atom. The van der Waals surface area contributed by atoms with E-state index in [2.05, 4.69) is 6.58 Å². The minimum Gasteiger partial charge on any atom is -0.399 e. The summed E-state index contributed by atoms with van der Waals surface area (Å²) >= 11 is 0. The zero-order chi connectivity index (χ0) is 8.43. The molecule has 1 aromatic rings. The lowest BCUT2D eigenvalue weighted by Gasteiger charge is -2.04. The highest BCUT2D eigenvalue weighted by molar-refractivity contribution is 5.66. The summed E-state index contributed by atoms with van der Waals surface area (Å²) in [5.74, 6) is 0. The van der Waals surface area contributed by atoms with Crippen LogP contribution in [0.25, 0.3) is 5.70 Å². The molecule has 0 unspecified atom stereocenters. The second-order valence-electron chi connectivity index (χ2n) is 2.60. The lowest BCUT2D eigenvalue weighted by atomic mass is 10.1. The van der Waals surface area contributed by atoms with Crippen LogP contribution in [0.1, 0.15) is 11.1 Å². The molecule has 1 aromatic carbocycles. The Morgan fingerprint density at radius 2 is 2.09 bits per heavy atom. The summed E-state index contributed by atoms with van der Waals surface area (Å²) in [4.78, 5) is 0. The molecule has 4 N–H and O–H groups in total. The summed E-state index contributed by atoms with van der Waals surface area (Å²) in [7, 11) is 0. The largest absolute Gasteiger partial charge is 0.399 e. The van der Waals surface area contributed by atoms with Crippen molar-refractivity contribution in [2.24, 2.45) is 5.73 Å². The molecule has 0 aliphatic carbocycles. The van der Waals surface area contributed by atoms with E-state index in [1.807, 2.05) is 25.1 Å². The van der Waals surface area contributed by atoms with Crippen LogP contribution in [0.15, 0.2) is 24.8 Å². The number of nitrogens with two attached hydrogens (primary N) is 2. The average Bonchev–Trinajstić information content (AvgIpc) is 1.94. The first-order valence-electron chi connectivity index (χ1n) is 3.42. The predicted molar refractivity (Wildman–Crippen MR) is 48.8 cm³/mol. The van der Waals surface area contributed by atoms with Gasteiger partial charge in [0.25, 0.3) is 0 Å². The molecule has 0 aliphatic heterocycles. The normalized spacial score (nSPS) is 9.55. The van der Waals surface area contributed by atoms with Gasteiger partial charge in [-0.05, 0) is 24.6 Å². The lowest BCUT2D eigenvalue weighted by molar-refractivity contribution is 1.40. The lowest BCUT2D eigenvalue weighted by Crippen LogP contribution is -1.98. The number of anilines is 1. The Morgan fingerprint density at radius 1 is 1.45 bits per heavy atom. The Bertz CT molecular complexity index is 290. The first kappa shape index (κ1) is 7.66. The maximum absolute atomic E-state index is 5.57. The van der Waals surface area contributed by atoms with Crippen LogP contribution in [0.2, 0.25) is 0 Å². The van der Waals surface area contributed by atoms with E-state index in [-0.39, 0.29) is 0 Å². The molecule has 0 aromatic heterocycles. The van der Waals surface area contributed by atoms with Gasteiger partial charge in [0.05, 0.1) is 0 Å². The minimum absolute atomic E-state index is 0.565. The van der Waals surface area contributed by atoms with Crippen LogP contribution < -0.4 is 11.5 Å². The number of aryl methyl sites for hydroxylation is 1. The second-order valence-corrected chi connectivity index (χ2v) is 2.60. The summed E-state index contributed by atoms with van der Waals surface area (Å²) in [6.45, 7) is 5.63. The summed E-state index contributed by atoms with van der Waals surface area (Å²) < 4.78 is 0. The van der Waals surface area contributed by atoms with Crippen LogP contribution in [0.3, 0.4) is 0 Å². The fraction of sp³-hybridized carbons (Fsp3) is 0.111. The molecule has 1 rings (SSSR count). The first-order chi connectivity index (χ1) is 5.11. The highest BCUT2D eigenvalue weighted by Gasteiger charge is 1.98. The molecule has 11 heavy (non-hydrogen) atoms. The number of hydrogen-bond donors (Lipinski definition) is 2. The zero-order valence-corrected chi connectivity index (χ0v) is 6.59. The quantitative estimate of drug-likeness (QED) is 0.593. The van der Waals surface area contributed by atoms with Gasteiger partial charge in [-0.15, -0.1) is 0 Å². The third kappa shape index (κ3) is 1.52. The highest BCUT2D eigenvalue weighted by atomic mass is 14.6. The molecule has 58 valence electrons. The van der Waals surface area contributed by atoms with Crippen molar-refractivity contribution in [1.29, 1.82) is 0 Å². The molecular weight excluding hydrogens is 136 g/mol. The summed E-state index contributed by atoms with van der Waals surface area (Å²) in [6, 6.07) is 5.61. The molecule has 0 saturated heterocycles. The minimum atomic E-state index is 0.565. The monoisotopic (exact) mass is 148 g/mol. The third-order valence-corrected chi connectivity index (χ3v) is 1.61. The summed E-state index contributed by atoms with van der Waals surface area (Å²) in [5, 5.41) is 0. The molecular formula is C9H12N2. The Balaban J connectivity index is 3.23. The van der Waals surface area contributed by atoms with Crippen LogP contribution in [-0.2, 0) is 0 Å². The number of nitrogen functional groups attached to an aromatic ring is 1. The smallest absolute Gasteiger partial charge is 0.0320 e. The molecule has 0 radical (unpaired) electrons. The molecule has 2 nitrogen and oxygen atoms in total. The van der Waals surface area contributed by atoms with E-state index in [9.17, 15) is 0 Å². The van der Waals surface area contributed by atoms with Gasteiger partial charge in [-0.2, -0.15) is 0 Å². The van der Waals surface area contributed by atoms with Gasteiger partial charge >= 0.3 is 0 Å². The van der Waals surface area contributed by atoms with E-state index < -0.39 is 0 Å². The maximum atomic E-state index is 5.57. The van der Waals surface area contributed by atoms with Gasteiger partial charge in [-0.3, -0.25) is 0 Å². The van der Waals surface area contributed by atoms with E-state index >= 15 is 0 Å². The van der Waals surface area contributed by atoms with Gasteiger partial charge in [0, 0.05) is 16.9 Å². The second kappa shape index (κ2) is 2.66. The van der Waals surface area contributed by atoms with Crippen molar-refractivity contribution in [3.63, 3.8) is 0 Å². The van der Waals surface area contributed by atoms with Crippen molar-refractivity contribution in [1.82, 2.24) is 0 Å². The number of hydrogen-bond acceptors (Lipinski definition) is 2. The summed E-state index contributed by atoms with van der Waals surface area (Å²) in [5.41, 5.74) is 14.4. The van der Waals surface area contributed by atoms with Crippen molar-refractivity contribution in [2.45, 2.75) is 6.92 Å². The maximum Gasteiger partial charge on any atom is 0.0320 e. The van der Waals surface area contributed by atoms with Crippen molar-refractivity contribution in [3.05, 3.63) is 35.9 Å². The van der Waals surface area contributed by atoms with Crippen molar-refractivity contribution in [3.8, 4) is 0 Å². The molecule has 2 heteroatoms. The van der Waals surface area contributed by atoms with Gasteiger partial charge in [0.15, 0.2) is 0 Å². The summed E-state index contributed by atoms with van der Waals surface area (Å²) in [6.07, 6.45) is 0. The van der Waals surface area contributed by atoms with Gasteiger partial charge in [0.1, 0.15) is 0 Å². The number of benzene rings is 1. The zero-order valence-electron chi connectivity index (χ0n) is 6.59. The Labute approximate surface area is 66.5 Å². The molecule has 0 bridgehead atoms. The van der Waals surface area contributed by atoms with Crippen LogP contribution in [0.4, 0.5) is 5.69 Å².